The number of benzene rings is 2. The molecule has 2 saturated heterocycles. The molecule has 41 heavy (non-hydrogen) atoms. The lowest BCUT2D eigenvalue weighted by Crippen LogP contribution is -2.53. The van der Waals surface area contributed by atoms with Gasteiger partial charge in [0.05, 0.1) is 30.8 Å². The Morgan fingerprint density at radius 3 is 2.44 bits per heavy atom. The molecule has 2 aromatic rings. The van der Waals surface area contributed by atoms with E-state index in [-0.39, 0.29) is 48.6 Å². The molecule has 0 radical (unpaired) electrons. The Morgan fingerprint density at radius 2 is 1.76 bits per heavy atom. The Bertz CT molecular complexity index is 1210. The minimum Gasteiger partial charge on any atom is -0.497 e. The van der Waals surface area contributed by atoms with Crippen molar-refractivity contribution < 1.29 is 37.3 Å². The summed E-state index contributed by atoms with van der Waals surface area (Å²) >= 11 is 0. The molecule has 0 aliphatic carbocycles. The molecule has 2 aliphatic rings. The predicted octanol–water partition coefficient (Wildman–Crippen LogP) is 3.58. The summed E-state index contributed by atoms with van der Waals surface area (Å²) in [6.45, 7) is 4.87. The fourth-order valence-electron chi connectivity index (χ4n) is 5.36. The maximum Gasteiger partial charge on any atom is 0.407 e. The van der Waals surface area contributed by atoms with Crippen LogP contribution in [0.3, 0.4) is 0 Å². The van der Waals surface area contributed by atoms with Gasteiger partial charge < -0.3 is 29.4 Å². The lowest BCUT2D eigenvalue weighted by Gasteiger charge is -2.40. The lowest BCUT2D eigenvalue weighted by molar-refractivity contribution is -0.238. The number of aliphatic hydroxyl groups excluding tert-OH is 1. The quantitative estimate of drug-likeness (QED) is 0.385. The average Bonchev–Trinajstić information content (AvgIpc) is 2.97. The molecule has 2 aromatic carbocycles. The number of rotatable bonds is 12. The van der Waals surface area contributed by atoms with E-state index in [1.165, 1.54) is 23.5 Å². The van der Waals surface area contributed by atoms with Crippen LogP contribution in [-0.2, 0) is 30.7 Å². The second-order valence-electron chi connectivity index (χ2n) is 11.0. The van der Waals surface area contributed by atoms with E-state index < -0.39 is 28.3 Å². The van der Waals surface area contributed by atoms with Gasteiger partial charge in [-0.1, -0.05) is 44.2 Å². The highest BCUT2D eigenvalue weighted by molar-refractivity contribution is 7.89. The summed E-state index contributed by atoms with van der Waals surface area (Å²) in [5.41, 5.74) is 0.886. The summed E-state index contributed by atoms with van der Waals surface area (Å²) in [5.74, 6) is 0.498. The molecule has 2 N–H and O–H groups in total. The van der Waals surface area contributed by atoms with Crippen LogP contribution in [0.4, 0.5) is 4.79 Å². The largest absolute Gasteiger partial charge is 0.497 e. The van der Waals surface area contributed by atoms with Gasteiger partial charge in [-0.05, 0) is 55.0 Å². The van der Waals surface area contributed by atoms with Crippen LogP contribution < -0.4 is 10.1 Å². The van der Waals surface area contributed by atoms with Crippen molar-refractivity contribution in [1.82, 2.24) is 9.62 Å². The Balaban J connectivity index is 1.51. The lowest BCUT2D eigenvalue weighted by atomic mass is 9.90. The smallest absolute Gasteiger partial charge is 0.407 e. The van der Waals surface area contributed by atoms with Crippen LogP contribution in [0.5, 0.6) is 5.75 Å². The number of nitrogens with zero attached hydrogens (tertiary/aromatic N) is 1. The van der Waals surface area contributed by atoms with E-state index in [2.05, 4.69) is 5.32 Å². The standard InChI is InChI=1S/C30H42N2O8S/c1-21(2)19-32(41(35,36)24-13-11-23(37-3)12-14-24)20-27(33)26(18-22-8-5-4-6-9-22)31-30(34)40-28-15-17-39-29-25(28)10-7-16-38-29/h4-6,8-9,11-14,21,25-29,33H,7,10,15-20H2,1-3H3,(H,31,34)/t25?,26-,27-,28-,29+/m1/s1. The molecular formula is C30H42N2O8S. The topological polar surface area (TPSA) is 124 Å². The van der Waals surface area contributed by atoms with Gasteiger partial charge in [0, 0.05) is 32.0 Å². The number of methoxy groups -OCH3 is 1. The summed E-state index contributed by atoms with van der Waals surface area (Å²) in [6.07, 6.45) is -0.0544. The Hall–Kier alpha value is -2.70. The van der Waals surface area contributed by atoms with E-state index in [0.717, 1.165) is 18.4 Å². The van der Waals surface area contributed by atoms with Crippen LogP contribution in [-0.4, -0.2) is 81.9 Å². The van der Waals surface area contributed by atoms with Crippen molar-refractivity contribution in [2.24, 2.45) is 11.8 Å². The highest BCUT2D eigenvalue weighted by atomic mass is 32.2. The molecule has 0 spiro atoms. The van der Waals surface area contributed by atoms with Crippen molar-refractivity contribution in [3.8, 4) is 5.75 Å². The second-order valence-corrected chi connectivity index (χ2v) is 13.0. The van der Waals surface area contributed by atoms with Crippen LogP contribution in [0.1, 0.15) is 38.7 Å². The highest BCUT2D eigenvalue weighted by Crippen LogP contribution is 2.32. The fraction of sp³-hybridized carbons (Fsp3) is 0.567. The van der Waals surface area contributed by atoms with Gasteiger partial charge in [0.15, 0.2) is 6.29 Å². The van der Waals surface area contributed by atoms with Crippen molar-refractivity contribution in [2.45, 2.75) is 69.0 Å². The third-order valence-corrected chi connectivity index (χ3v) is 9.30. The first-order valence-electron chi connectivity index (χ1n) is 14.2. The fourth-order valence-corrected chi connectivity index (χ4v) is 6.98. The van der Waals surface area contributed by atoms with E-state index in [4.69, 9.17) is 18.9 Å². The molecule has 2 fully saturated rings. The molecule has 0 aromatic heterocycles. The number of fused-ring (bicyclic) bond motifs is 1. The SMILES string of the molecule is COc1ccc(S(=O)(=O)N(CC(C)C)C[C@@H](O)[C@@H](Cc2ccccc2)NC(=O)O[C@@H]2CCO[C@@H]3OCCCC32)cc1. The van der Waals surface area contributed by atoms with Gasteiger partial charge in [0.25, 0.3) is 0 Å². The van der Waals surface area contributed by atoms with Crippen LogP contribution in [0.25, 0.3) is 0 Å². The predicted molar refractivity (Wildman–Crippen MR) is 153 cm³/mol. The van der Waals surface area contributed by atoms with Crippen LogP contribution >= 0.6 is 0 Å². The summed E-state index contributed by atoms with van der Waals surface area (Å²) in [5, 5.41) is 14.3. The molecule has 2 aliphatic heterocycles. The molecule has 2 heterocycles. The molecular weight excluding hydrogens is 548 g/mol. The van der Waals surface area contributed by atoms with E-state index in [0.29, 0.717) is 25.4 Å². The molecule has 11 heteroatoms. The summed E-state index contributed by atoms with van der Waals surface area (Å²) < 4.78 is 51.0. The third-order valence-electron chi connectivity index (χ3n) is 7.46. The molecule has 0 saturated carbocycles. The second kappa shape index (κ2) is 14.5. The Morgan fingerprint density at radius 1 is 1.05 bits per heavy atom. The van der Waals surface area contributed by atoms with E-state index in [1.807, 2.05) is 44.2 Å². The highest BCUT2D eigenvalue weighted by Gasteiger charge is 2.40. The summed E-state index contributed by atoms with van der Waals surface area (Å²) in [4.78, 5) is 13.3. The number of alkyl carbamates (subject to hydrolysis) is 1. The first-order chi connectivity index (χ1) is 19.7. The number of ether oxygens (including phenoxy) is 4. The zero-order valence-electron chi connectivity index (χ0n) is 24.0. The first-order valence-corrected chi connectivity index (χ1v) is 15.7. The van der Waals surface area contributed by atoms with E-state index >= 15 is 0 Å². The van der Waals surface area contributed by atoms with Crippen molar-refractivity contribution >= 4 is 16.1 Å². The minimum atomic E-state index is -3.94. The van der Waals surface area contributed by atoms with Crippen molar-refractivity contribution in [2.75, 3.05) is 33.4 Å². The molecule has 10 nitrogen and oxygen atoms in total. The van der Waals surface area contributed by atoms with E-state index in [1.54, 1.807) is 12.1 Å². The minimum absolute atomic E-state index is 0.0000930. The number of amides is 1. The van der Waals surface area contributed by atoms with Gasteiger partial charge in [-0.2, -0.15) is 4.31 Å². The number of aliphatic hydroxyl groups is 1. The van der Waals surface area contributed by atoms with E-state index in [9.17, 15) is 18.3 Å². The Kier molecular flexibility index (Phi) is 11.0. The summed E-state index contributed by atoms with van der Waals surface area (Å²) in [7, 11) is -2.43. The van der Waals surface area contributed by atoms with Gasteiger partial charge in [0.2, 0.25) is 10.0 Å². The number of hydrogen-bond donors (Lipinski definition) is 2. The number of hydrogen-bond acceptors (Lipinski definition) is 8. The zero-order valence-corrected chi connectivity index (χ0v) is 24.8. The van der Waals surface area contributed by atoms with Crippen molar-refractivity contribution in [1.29, 1.82) is 0 Å². The van der Waals surface area contributed by atoms with Crippen molar-refractivity contribution in [3.05, 3.63) is 60.2 Å². The Labute approximate surface area is 243 Å². The molecule has 226 valence electrons. The average molecular weight is 591 g/mol. The van der Waals surface area contributed by atoms with Gasteiger partial charge in [-0.15, -0.1) is 0 Å². The van der Waals surface area contributed by atoms with Gasteiger partial charge in [-0.25, -0.2) is 13.2 Å². The number of carbonyl (C=O) groups is 1. The van der Waals surface area contributed by atoms with Crippen molar-refractivity contribution in [3.63, 3.8) is 0 Å². The van der Waals surface area contributed by atoms with Crippen LogP contribution in [0.15, 0.2) is 59.5 Å². The summed E-state index contributed by atoms with van der Waals surface area (Å²) in [6, 6.07) is 14.8. The third kappa shape index (κ3) is 8.42. The van der Waals surface area contributed by atoms with Gasteiger partial charge in [-0.3, -0.25) is 0 Å². The number of sulfonamides is 1. The maximum absolute atomic E-state index is 13.6. The zero-order chi connectivity index (χ0) is 29.4. The first kappa shape index (κ1) is 31.2. The number of nitrogens with one attached hydrogen (secondary N) is 1. The molecule has 4 rings (SSSR count). The molecule has 1 unspecified atom stereocenters. The normalized spacial score (nSPS) is 22.5. The maximum atomic E-state index is 13.6. The molecule has 0 bridgehead atoms. The van der Waals surface area contributed by atoms with Crippen LogP contribution in [0.2, 0.25) is 0 Å². The van der Waals surface area contributed by atoms with Gasteiger partial charge >= 0.3 is 6.09 Å². The number of carbonyl (C=O) groups excluding carboxylic acids is 1. The molecule has 5 atom stereocenters. The molecule has 1 amide bonds. The monoisotopic (exact) mass is 590 g/mol. The van der Waals surface area contributed by atoms with Crippen LogP contribution in [0, 0.1) is 11.8 Å². The van der Waals surface area contributed by atoms with Gasteiger partial charge in [0.1, 0.15) is 11.9 Å².